The van der Waals surface area contributed by atoms with Crippen LogP contribution in [0, 0.1) is 12.8 Å². The van der Waals surface area contributed by atoms with Gasteiger partial charge in [0.15, 0.2) is 11.9 Å². The van der Waals surface area contributed by atoms with Crippen molar-refractivity contribution < 1.29 is 29.1 Å². The monoisotopic (exact) mass is 424 g/mol. The minimum absolute atomic E-state index is 0.107. The Balaban J connectivity index is 0.00000125. The molecule has 0 saturated heterocycles. The van der Waals surface area contributed by atoms with Crippen LogP contribution in [0.5, 0.6) is 0 Å². The van der Waals surface area contributed by atoms with Gasteiger partial charge >= 0.3 is 12.0 Å². The molecule has 0 aliphatic rings. The number of carboxylic acid groups (broad SMARTS) is 1. The normalized spacial score (nSPS) is 11.5. The molecule has 0 aromatic carbocycles. The van der Waals surface area contributed by atoms with E-state index in [-0.39, 0.29) is 24.2 Å². The van der Waals surface area contributed by atoms with Gasteiger partial charge in [0.25, 0.3) is 0 Å². The molecule has 0 aliphatic carbocycles. The number of urea groups is 1. The number of nitrogens with zero attached hydrogens (tertiary/aromatic N) is 3. The molecule has 0 bridgehead atoms. The Morgan fingerprint density at radius 3 is 2.50 bits per heavy atom. The number of carboxylic acids is 1. The summed E-state index contributed by atoms with van der Waals surface area (Å²) in [5, 5.41) is 25.7. The molecule has 14 heteroatoms. The molecule has 164 valence electrons. The lowest BCUT2D eigenvalue weighted by molar-refractivity contribution is -0.140. The van der Waals surface area contributed by atoms with Crippen LogP contribution >= 0.6 is 0 Å². The molecule has 2 aromatic rings. The third kappa shape index (κ3) is 10.4. The van der Waals surface area contributed by atoms with Crippen LogP contribution in [0.3, 0.4) is 0 Å². The van der Waals surface area contributed by atoms with Gasteiger partial charge in [0.2, 0.25) is 11.8 Å². The summed E-state index contributed by atoms with van der Waals surface area (Å²) >= 11 is 0. The van der Waals surface area contributed by atoms with Crippen molar-refractivity contribution in [1.29, 1.82) is 0 Å². The van der Waals surface area contributed by atoms with E-state index >= 15 is 0 Å². The Kier molecular flexibility index (Phi) is 12.2. The van der Waals surface area contributed by atoms with Crippen molar-refractivity contribution in [3.05, 3.63) is 29.9 Å². The molecule has 0 spiro atoms. The summed E-state index contributed by atoms with van der Waals surface area (Å²) in [6, 6.07) is -2.70. The van der Waals surface area contributed by atoms with Crippen LogP contribution < -0.4 is 22.1 Å². The van der Waals surface area contributed by atoms with Gasteiger partial charge in [-0.2, -0.15) is 4.98 Å². The highest BCUT2D eigenvalue weighted by Gasteiger charge is 2.19. The number of terminal acetylenes is 1. The van der Waals surface area contributed by atoms with E-state index in [1.165, 1.54) is 13.3 Å². The first-order valence-corrected chi connectivity index (χ1v) is 8.25. The van der Waals surface area contributed by atoms with Gasteiger partial charge in [0, 0.05) is 25.2 Å². The van der Waals surface area contributed by atoms with E-state index in [9.17, 15) is 14.4 Å². The van der Waals surface area contributed by atoms with E-state index in [1.54, 1.807) is 6.20 Å². The number of aromatic amines is 1. The highest BCUT2D eigenvalue weighted by molar-refractivity contribution is 5.82. The minimum Gasteiger partial charge on any atom is -0.480 e. The van der Waals surface area contributed by atoms with Crippen LogP contribution in [0.25, 0.3) is 0 Å². The Bertz CT molecular complexity index is 800. The van der Waals surface area contributed by atoms with Crippen LogP contribution in [0.2, 0.25) is 0 Å². The number of aromatic nitrogens is 4. The van der Waals surface area contributed by atoms with E-state index in [0.29, 0.717) is 6.42 Å². The first-order valence-electron chi connectivity index (χ1n) is 8.25. The maximum atomic E-state index is 11.5. The zero-order valence-corrected chi connectivity index (χ0v) is 16.1. The Hall–Kier alpha value is -3.96. The van der Waals surface area contributed by atoms with E-state index in [4.69, 9.17) is 20.5 Å². The second-order valence-electron chi connectivity index (χ2n) is 5.44. The van der Waals surface area contributed by atoms with Crippen molar-refractivity contribution in [3.8, 4) is 12.8 Å². The highest BCUT2D eigenvalue weighted by Crippen LogP contribution is 2.11. The molecule has 0 aliphatic heterocycles. The fourth-order valence-corrected chi connectivity index (χ4v) is 1.77. The molecule has 2 atom stereocenters. The van der Waals surface area contributed by atoms with Crippen molar-refractivity contribution in [3.63, 3.8) is 0 Å². The highest BCUT2D eigenvalue weighted by atomic mass is 16.5. The lowest BCUT2D eigenvalue weighted by Crippen LogP contribution is -2.47. The third-order valence-corrected chi connectivity index (χ3v) is 3.00. The molecule has 2 rings (SSSR count). The number of rotatable bonds is 8. The Morgan fingerprint density at radius 2 is 2.00 bits per heavy atom. The largest absolute Gasteiger partial charge is 0.480 e. The van der Waals surface area contributed by atoms with Gasteiger partial charge < -0.3 is 41.8 Å². The summed E-state index contributed by atoms with van der Waals surface area (Å²) in [7, 11) is 0. The summed E-state index contributed by atoms with van der Waals surface area (Å²) in [5.74, 6) is -1.31. The molecule has 14 nitrogen and oxygen atoms in total. The molecule has 0 fully saturated rings. The summed E-state index contributed by atoms with van der Waals surface area (Å²) in [5.41, 5.74) is 11.2. The number of hydrogen-bond donors (Lipinski definition) is 7. The number of imidazole rings is 1. The van der Waals surface area contributed by atoms with E-state index in [2.05, 4.69) is 49.3 Å². The summed E-state index contributed by atoms with van der Waals surface area (Å²) < 4.78 is 4.96. The Labute approximate surface area is 171 Å². The lowest BCUT2D eigenvalue weighted by Gasteiger charge is -2.11. The number of carbonyl (C=O) groups is 3. The number of nitrogens with one attached hydrogen (secondary N) is 3. The predicted molar refractivity (Wildman–Crippen MR) is 102 cm³/mol. The summed E-state index contributed by atoms with van der Waals surface area (Å²) in [4.78, 5) is 42.3. The molecule has 0 unspecified atom stereocenters. The number of H-pyrrole nitrogens is 1. The maximum absolute atomic E-state index is 11.5. The topological polar surface area (TPSA) is 235 Å². The molecule has 0 radical (unpaired) electrons. The molecule has 2 aromatic heterocycles. The average Bonchev–Trinajstić information content (AvgIpc) is 3.37. The summed E-state index contributed by atoms with van der Waals surface area (Å²) in [6.45, 7) is 0.462. The zero-order chi connectivity index (χ0) is 23.1. The number of aliphatic carboxylic acids is 1. The molecule has 3 amide bonds. The number of hydrogen-bond acceptors (Lipinski definition) is 9. The van der Waals surface area contributed by atoms with Gasteiger partial charge in [0.1, 0.15) is 0 Å². The van der Waals surface area contributed by atoms with Crippen LogP contribution in [0.4, 0.5) is 4.79 Å². The van der Waals surface area contributed by atoms with Crippen molar-refractivity contribution in [2.24, 2.45) is 11.5 Å². The maximum Gasteiger partial charge on any atom is 0.328 e. The van der Waals surface area contributed by atoms with Crippen molar-refractivity contribution in [1.82, 2.24) is 30.7 Å². The van der Waals surface area contributed by atoms with E-state index in [1.807, 2.05) is 0 Å². The van der Waals surface area contributed by atoms with Gasteiger partial charge in [-0.25, -0.2) is 14.6 Å². The van der Waals surface area contributed by atoms with Crippen LogP contribution in [0.15, 0.2) is 17.0 Å². The second kappa shape index (κ2) is 14.1. The van der Waals surface area contributed by atoms with Gasteiger partial charge in [0.05, 0.1) is 25.5 Å². The quantitative estimate of drug-likeness (QED) is 0.230. The van der Waals surface area contributed by atoms with E-state index in [0.717, 1.165) is 5.69 Å². The van der Waals surface area contributed by atoms with Crippen molar-refractivity contribution in [2.45, 2.75) is 32.0 Å². The second-order valence-corrected chi connectivity index (χ2v) is 5.44. The predicted octanol–water partition coefficient (Wildman–Crippen LogP) is -1.98. The molecule has 2 heterocycles. The first-order chi connectivity index (χ1) is 14.2. The zero-order valence-electron chi connectivity index (χ0n) is 16.1. The van der Waals surface area contributed by atoms with Gasteiger partial charge in [-0.05, 0) is 0 Å². The number of aliphatic hydroxyl groups is 1. The first kappa shape index (κ1) is 26.0. The SMILES string of the molecule is C#C.CC(N)=O.N[C@@H](Cc1cnc[nH]1)c1noc(CNC(=O)N[C@@H](CO)C(=O)O)n1. The number of aliphatic hydroxyl groups excluding tert-OH is 1. The number of primary amides is 1. The number of amides is 3. The summed E-state index contributed by atoms with van der Waals surface area (Å²) in [6.07, 6.45) is 11.6. The van der Waals surface area contributed by atoms with Crippen molar-refractivity contribution in [2.75, 3.05) is 6.61 Å². The standard InChI is InChI=1S/C12H17N7O5.C2H5NO.C2H2/c13-7(1-6-2-14-5-16-6)10-18-9(24-19-10)3-15-12(23)17-8(4-20)11(21)22;1-2(3)4;1-2/h2,5,7-8,20H,1,3-4,13H2,(H,14,16)(H,21,22)(H2,15,17,23);1H3,(H2,3,4);1-2H/t7-,8-;;/m0../s1. The van der Waals surface area contributed by atoms with Crippen LogP contribution in [-0.2, 0) is 22.6 Å². The molecule has 9 N–H and O–H groups in total. The van der Waals surface area contributed by atoms with Gasteiger partial charge in [-0.1, -0.05) is 5.16 Å². The fourth-order valence-electron chi connectivity index (χ4n) is 1.77. The number of carbonyl (C=O) groups excluding carboxylic acids is 2. The smallest absolute Gasteiger partial charge is 0.328 e. The molecular formula is C16H24N8O6. The molecular weight excluding hydrogens is 400 g/mol. The fraction of sp³-hybridized carbons (Fsp3) is 0.375. The Morgan fingerprint density at radius 1 is 1.37 bits per heavy atom. The van der Waals surface area contributed by atoms with Crippen molar-refractivity contribution >= 4 is 17.9 Å². The minimum atomic E-state index is -1.40. The average molecular weight is 424 g/mol. The molecule has 0 saturated carbocycles. The van der Waals surface area contributed by atoms with Gasteiger partial charge in [-0.15, -0.1) is 12.8 Å². The molecule has 30 heavy (non-hydrogen) atoms. The lowest BCUT2D eigenvalue weighted by atomic mass is 10.2. The van der Waals surface area contributed by atoms with Gasteiger partial charge in [-0.3, -0.25) is 4.79 Å². The van der Waals surface area contributed by atoms with Crippen LogP contribution in [-0.4, -0.2) is 60.9 Å². The third-order valence-electron chi connectivity index (χ3n) is 3.00. The number of nitrogens with two attached hydrogens (primary N) is 2. The van der Waals surface area contributed by atoms with Crippen LogP contribution in [0.1, 0.15) is 30.4 Å². The van der Waals surface area contributed by atoms with E-state index < -0.39 is 30.7 Å².